The van der Waals surface area contributed by atoms with Crippen LogP contribution in [0.3, 0.4) is 0 Å². The number of H-pyrrole nitrogens is 2. The Kier molecular flexibility index (Phi) is 3.48. The number of fused-ring (bicyclic) bond motifs is 1. The van der Waals surface area contributed by atoms with Crippen LogP contribution in [0.15, 0.2) is 34.4 Å². The second kappa shape index (κ2) is 5.53. The molecule has 0 spiro atoms. The van der Waals surface area contributed by atoms with E-state index in [-0.39, 0.29) is 5.69 Å². The first-order valence-corrected chi connectivity index (χ1v) is 7.81. The van der Waals surface area contributed by atoms with Gasteiger partial charge >= 0.3 is 5.69 Å². The van der Waals surface area contributed by atoms with Crippen LogP contribution in [0.25, 0.3) is 0 Å². The molecule has 2 amide bonds. The maximum absolute atomic E-state index is 15.4. The molecule has 27 heavy (non-hydrogen) atoms. The van der Waals surface area contributed by atoms with Crippen molar-refractivity contribution in [2.24, 2.45) is 0 Å². The Morgan fingerprint density at radius 2 is 1.78 bits per heavy atom. The van der Waals surface area contributed by atoms with Crippen molar-refractivity contribution in [1.82, 2.24) is 24.8 Å². The van der Waals surface area contributed by atoms with Crippen molar-refractivity contribution in [3.05, 3.63) is 51.3 Å². The van der Waals surface area contributed by atoms with E-state index < -0.39 is 59.7 Å². The largest absolute Gasteiger partial charge is 0.330 e. The zero-order valence-electron chi connectivity index (χ0n) is 13.6. The van der Waals surface area contributed by atoms with Gasteiger partial charge in [0.1, 0.15) is 12.0 Å². The summed E-state index contributed by atoms with van der Waals surface area (Å²) < 4.78 is 30.7. The van der Waals surface area contributed by atoms with Crippen molar-refractivity contribution < 1.29 is 18.4 Å². The van der Waals surface area contributed by atoms with E-state index in [0.29, 0.717) is 0 Å². The maximum atomic E-state index is 15.4. The Morgan fingerprint density at radius 3 is 2.41 bits per heavy atom. The van der Waals surface area contributed by atoms with Gasteiger partial charge in [-0.25, -0.2) is 23.5 Å². The molecule has 0 aliphatic carbocycles. The molecule has 2 aliphatic rings. The van der Waals surface area contributed by atoms with Gasteiger partial charge in [-0.3, -0.25) is 19.4 Å². The third-order valence-corrected chi connectivity index (χ3v) is 4.69. The number of amides is 2. The number of aromatic amines is 2. The summed E-state index contributed by atoms with van der Waals surface area (Å²) in [6, 6.07) is 0.809. The molecule has 140 valence electrons. The molecular weight excluding hydrogens is 366 g/mol. The maximum Gasteiger partial charge on any atom is 0.326 e. The lowest BCUT2D eigenvalue weighted by Crippen LogP contribution is -2.47. The molecule has 0 bridgehead atoms. The molecule has 4 rings (SSSR count). The van der Waals surface area contributed by atoms with Gasteiger partial charge in [0.25, 0.3) is 17.4 Å². The van der Waals surface area contributed by atoms with Gasteiger partial charge in [0, 0.05) is 6.07 Å². The molecule has 0 aromatic carbocycles. The van der Waals surface area contributed by atoms with E-state index in [2.05, 4.69) is 15.0 Å². The predicted molar refractivity (Wildman–Crippen MR) is 85.6 cm³/mol. The van der Waals surface area contributed by atoms with Crippen molar-refractivity contribution in [3.8, 4) is 0 Å². The first-order valence-electron chi connectivity index (χ1n) is 7.81. The standard InChI is InChI=1S/C15H12F2N6O4/c16-14-4-22(11(25)9-1-10(24)21-13(27)20-9)6-15(14,17)12(26)23(5-14)8-2-18-7-19-3-8/h1-3,7H,4-6H2,(H2,20,21,24,27)/t14-,15+/m1/s1. The monoisotopic (exact) mass is 378 g/mol. The second-order valence-electron chi connectivity index (χ2n) is 6.42. The lowest BCUT2D eigenvalue weighted by molar-refractivity contribution is -0.130. The smallest absolute Gasteiger partial charge is 0.326 e. The number of carbonyl (C=O) groups is 2. The lowest BCUT2D eigenvalue weighted by Gasteiger charge is -2.22. The third kappa shape index (κ3) is 2.44. The van der Waals surface area contributed by atoms with Crippen LogP contribution in [-0.4, -0.2) is 67.6 Å². The van der Waals surface area contributed by atoms with Gasteiger partial charge in [-0.05, 0) is 0 Å². The lowest BCUT2D eigenvalue weighted by atomic mass is 9.93. The normalized spacial score (nSPS) is 27.1. The summed E-state index contributed by atoms with van der Waals surface area (Å²) in [6.07, 6.45) is 3.72. The number of carbonyl (C=O) groups excluding carboxylic acids is 2. The van der Waals surface area contributed by atoms with Crippen LogP contribution < -0.4 is 16.1 Å². The van der Waals surface area contributed by atoms with Crippen LogP contribution >= 0.6 is 0 Å². The van der Waals surface area contributed by atoms with Gasteiger partial charge in [0.05, 0.1) is 37.7 Å². The predicted octanol–water partition coefficient (Wildman–Crippen LogP) is -1.23. The average Bonchev–Trinajstić information content (AvgIpc) is 3.00. The topological polar surface area (TPSA) is 132 Å². The molecule has 2 aromatic rings. The molecule has 4 heterocycles. The highest BCUT2D eigenvalue weighted by molar-refractivity contribution is 6.05. The van der Waals surface area contributed by atoms with Crippen molar-refractivity contribution in [3.63, 3.8) is 0 Å². The Hall–Kier alpha value is -3.44. The van der Waals surface area contributed by atoms with Crippen LogP contribution in [0, 0.1) is 0 Å². The molecule has 0 unspecified atom stereocenters. The van der Waals surface area contributed by atoms with Crippen molar-refractivity contribution in [2.75, 3.05) is 24.5 Å². The fourth-order valence-corrected chi connectivity index (χ4v) is 3.40. The quantitative estimate of drug-likeness (QED) is 0.673. The number of aromatic nitrogens is 4. The number of nitrogens with one attached hydrogen (secondary N) is 2. The number of rotatable bonds is 2. The van der Waals surface area contributed by atoms with Crippen LogP contribution in [0.4, 0.5) is 14.5 Å². The van der Waals surface area contributed by atoms with E-state index in [9.17, 15) is 19.2 Å². The number of hydrogen-bond acceptors (Lipinski definition) is 6. The number of alkyl halides is 2. The number of hydrogen-bond donors (Lipinski definition) is 2. The van der Waals surface area contributed by atoms with Gasteiger partial charge in [-0.1, -0.05) is 0 Å². The van der Waals surface area contributed by atoms with E-state index in [4.69, 9.17) is 0 Å². The molecule has 2 saturated heterocycles. The van der Waals surface area contributed by atoms with Gasteiger partial charge in [-0.2, -0.15) is 0 Å². The van der Waals surface area contributed by atoms with Crippen LogP contribution in [0.2, 0.25) is 0 Å². The highest BCUT2D eigenvalue weighted by atomic mass is 19.2. The molecule has 10 nitrogen and oxygen atoms in total. The van der Waals surface area contributed by atoms with E-state index in [1.54, 1.807) is 0 Å². The molecule has 0 radical (unpaired) electrons. The number of halogens is 2. The molecule has 2 N–H and O–H groups in total. The minimum absolute atomic E-state index is 0.141. The summed E-state index contributed by atoms with van der Waals surface area (Å²) >= 11 is 0. The minimum Gasteiger partial charge on any atom is -0.330 e. The summed E-state index contributed by atoms with van der Waals surface area (Å²) in [7, 11) is 0. The van der Waals surface area contributed by atoms with Crippen LogP contribution in [0.1, 0.15) is 10.5 Å². The first kappa shape index (κ1) is 17.0. The highest BCUT2D eigenvalue weighted by Crippen LogP contribution is 2.46. The second-order valence-corrected chi connectivity index (χ2v) is 6.42. The zero-order chi connectivity index (χ0) is 19.4. The van der Waals surface area contributed by atoms with E-state index in [1.807, 2.05) is 4.98 Å². The molecule has 2 aliphatic heterocycles. The van der Waals surface area contributed by atoms with E-state index in [0.717, 1.165) is 15.9 Å². The number of anilines is 1. The van der Waals surface area contributed by atoms with Crippen molar-refractivity contribution >= 4 is 17.5 Å². The average molecular weight is 378 g/mol. The van der Waals surface area contributed by atoms with Gasteiger partial charge < -0.3 is 14.8 Å². The SMILES string of the molecule is O=C(c1cc(=O)[nH]c(=O)[nH]1)N1C[C@@]2(F)CN(c3cncnc3)C(=O)[C@@]2(F)C1. The number of nitrogens with zero attached hydrogens (tertiary/aromatic N) is 4. The number of likely N-dealkylation sites (tertiary alicyclic amines) is 1. The Balaban J connectivity index is 1.64. The molecule has 2 aromatic heterocycles. The summed E-state index contributed by atoms with van der Waals surface area (Å²) in [5, 5.41) is 0. The molecule has 2 atom stereocenters. The Bertz CT molecular complexity index is 1030. The minimum atomic E-state index is -2.96. The van der Waals surface area contributed by atoms with E-state index >= 15 is 8.78 Å². The van der Waals surface area contributed by atoms with Crippen molar-refractivity contribution in [2.45, 2.75) is 11.3 Å². The van der Waals surface area contributed by atoms with Crippen LogP contribution in [0.5, 0.6) is 0 Å². The summed E-state index contributed by atoms with van der Waals surface area (Å²) in [5.74, 6) is -2.10. The molecule has 12 heteroatoms. The Labute approximate surface area is 148 Å². The highest BCUT2D eigenvalue weighted by Gasteiger charge is 2.72. The first-order chi connectivity index (χ1) is 12.7. The van der Waals surface area contributed by atoms with Gasteiger partial charge in [0.15, 0.2) is 5.67 Å². The molecular formula is C15H12F2N6O4. The van der Waals surface area contributed by atoms with Crippen molar-refractivity contribution in [1.29, 1.82) is 0 Å². The fraction of sp³-hybridized carbons (Fsp3) is 0.333. The molecule has 0 saturated carbocycles. The zero-order valence-corrected chi connectivity index (χ0v) is 13.6. The van der Waals surface area contributed by atoms with Crippen LogP contribution in [-0.2, 0) is 4.79 Å². The Morgan fingerprint density at radius 1 is 1.07 bits per heavy atom. The summed E-state index contributed by atoms with van der Waals surface area (Å²) in [4.78, 5) is 60.7. The fourth-order valence-electron chi connectivity index (χ4n) is 3.40. The molecule has 2 fully saturated rings. The summed E-state index contributed by atoms with van der Waals surface area (Å²) in [5.41, 5.74) is -7.66. The van der Waals surface area contributed by atoms with Gasteiger partial charge in [-0.15, -0.1) is 0 Å². The summed E-state index contributed by atoms with van der Waals surface area (Å²) in [6.45, 7) is -2.18. The van der Waals surface area contributed by atoms with E-state index in [1.165, 1.54) is 18.7 Å². The van der Waals surface area contributed by atoms with Gasteiger partial charge in [0.2, 0.25) is 5.67 Å². The third-order valence-electron chi connectivity index (χ3n) is 4.69.